The summed E-state index contributed by atoms with van der Waals surface area (Å²) < 4.78 is 59.0. The van der Waals surface area contributed by atoms with E-state index < -0.39 is 16.6 Å². The highest BCUT2D eigenvalue weighted by Crippen LogP contribution is 2.44. The number of fused-ring (bicyclic) bond motifs is 1. The quantitative estimate of drug-likeness (QED) is 0.445. The number of hydrogen-bond donors (Lipinski definition) is 2. The molecule has 9 heteroatoms. The molecule has 0 bridgehead atoms. The van der Waals surface area contributed by atoms with Crippen molar-refractivity contribution in [2.24, 2.45) is 0 Å². The first-order valence-electron chi connectivity index (χ1n) is 10.8. The van der Waals surface area contributed by atoms with E-state index in [1.807, 2.05) is 19.1 Å². The van der Waals surface area contributed by atoms with Gasteiger partial charge < -0.3 is 15.0 Å². The van der Waals surface area contributed by atoms with E-state index in [2.05, 4.69) is 14.0 Å². The number of nitrogens with one attached hydrogen (secondary N) is 1. The van der Waals surface area contributed by atoms with Crippen LogP contribution in [0.4, 0.5) is 20.2 Å². The minimum Gasteiger partial charge on any atom is -0.435 e. The molecule has 6 nitrogen and oxygen atoms in total. The molecule has 2 aromatic carbocycles. The predicted octanol–water partition coefficient (Wildman–Crippen LogP) is 5.76. The van der Waals surface area contributed by atoms with Gasteiger partial charge in [0.15, 0.2) is 0 Å². The molecule has 4 rings (SSSR count). The fraction of sp³-hybridized carbons (Fsp3) is 0.391. The zero-order valence-electron chi connectivity index (χ0n) is 17.9. The van der Waals surface area contributed by atoms with E-state index in [1.54, 1.807) is 24.3 Å². The van der Waals surface area contributed by atoms with E-state index in [0.29, 0.717) is 17.8 Å². The van der Waals surface area contributed by atoms with Gasteiger partial charge in [-0.2, -0.15) is 8.78 Å². The predicted molar refractivity (Wildman–Crippen MR) is 124 cm³/mol. The van der Waals surface area contributed by atoms with Crippen LogP contribution in [0.2, 0.25) is 0 Å². The van der Waals surface area contributed by atoms with Gasteiger partial charge in [0.1, 0.15) is 5.75 Å². The number of anilines is 2. The van der Waals surface area contributed by atoms with Crippen LogP contribution < -0.4 is 15.2 Å². The zero-order chi connectivity index (χ0) is 22.9. The number of ether oxygens (including phenoxy) is 1. The summed E-state index contributed by atoms with van der Waals surface area (Å²) in [6, 6.07) is 12.1. The summed E-state index contributed by atoms with van der Waals surface area (Å²) in [5, 5.41) is 0.779. The average Bonchev–Trinajstić information content (AvgIpc) is 3.34. The molecule has 0 spiro atoms. The summed E-state index contributed by atoms with van der Waals surface area (Å²) in [6.07, 6.45) is 4.67. The summed E-state index contributed by atoms with van der Waals surface area (Å²) in [5.41, 5.74) is 10.00. The first-order valence-corrected chi connectivity index (χ1v) is 12.4. The van der Waals surface area contributed by atoms with Crippen LogP contribution >= 0.6 is 0 Å². The summed E-state index contributed by atoms with van der Waals surface area (Å²) in [5.74, 6) is 0.150. The first kappa shape index (κ1) is 22.4. The van der Waals surface area contributed by atoms with Gasteiger partial charge in [-0.3, -0.25) is 4.72 Å². The molecule has 1 aromatic heterocycles. The number of aromatic nitrogens is 1. The third-order valence-electron chi connectivity index (χ3n) is 5.83. The van der Waals surface area contributed by atoms with Gasteiger partial charge in [-0.1, -0.05) is 31.9 Å². The maximum Gasteiger partial charge on any atom is 0.387 e. The number of sulfonamides is 1. The number of hydrogen-bond acceptors (Lipinski definition) is 4. The van der Waals surface area contributed by atoms with Crippen molar-refractivity contribution in [3.8, 4) is 17.0 Å². The molecule has 0 aliphatic heterocycles. The monoisotopic (exact) mass is 463 g/mol. The van der Waals surface area contributed by atoms with Crippen molar-refractivity contribution in [3.05, 3.63) is 42.5 Å². The Morgan fingerprint density at radius 3 is 2.47 bits per heavy atom. The van der Waals surface area contributed by atoms with Crippen LogP contribution in [0, 0.1) is 0 Å². The van der Waals surface area contributed by atoms with Crippen molar-refractivity contribution in [2.75, 3.05) is 16.2 Å². The van der Waals surface area contributed by atoms with Crippen molar-refractivity contribution in [2.45, 2.75) is 51.7 Å². The number of nitrogens with two attached hydrogens (primary N) is 1. The Hall–Kier alpha value is -2.81. The summed E-state index contributed by atoms with van der Waals surface area (Å²) in [6.45, 7) is -1.09. The molecule has 32 heavy (non-hydrogen) atoms. The van der Waals surface area contributed by atoms with Crippen LogP contribution in [-0.4, -0.2) is 25.3 Å². The van der Waals surface area contributed by atoms with Crippen LogP contribution in [0.1, 0.15) is 45.1 Å². The van der Waals surface area contributed by atoms with Gasteiger partial charge >= 0.3 is 6.61 Å². The summed E-state index contributed by atoms with van der Waals surface area (Å²) in [7, 11) is -3.38. The van der Waals surface area contributed by atoms with E-state index in [9.17, 15) is 17.2 Å². The van der Waals surface area contributed by atoms with Crippen molar-refractivity contribution >= 4 is 32.3 Å². The topological polar surface area (TPSA) is 86.3 Å². The number of benzene rings is 2. The molecule has 3 aromatic rings. The highest BCUT2D eigenvalue weighted by Gasteiger charge is 2.26. The van der Waals surface area contributed by atoms with Crippen molar-refractivity contribution in [1.29, 1.82) is 0 Å². The number of rotatable bonds is 8. The Balaban J connectivity index is 1.79. The standard InChI is InChI=1S/C23H27F2N3O3S/c1-2-13-32(29,30)27-16-9-7-15(8-10-16)22-21(26)19-12-11-18(31-23(24)25)14-20(19)28(22)17-5-3-4-6-17/h7-12,14,17,23,27H,2-6,13,26H2,1H3. The number of nitrogen functional groups attached to an aromatic ring is 1. The van der Waals surface area contributed by atoms with Gasteiger partial charge in [-0.25, -0.2) is 8.42 Å². The molecule has 0 radical (unpaired) electrons. The lowest BCUT2D eigenvalue weighted by atomic mass is 10.1. The van der Waals surface area contributed by atoms with Crippen molar-refractivity contribution in [3.63, 3.8) is 0 Å². The molecule has 3 N–H and O–H groups in total. The fourth-order valence-electron chi connectivity index (χ4n) is 4.52. The minimum atomic E-state index is -3.38. The fourth-order valence-corrected chi connectivity index (χ4v) is 5.66. The van der Waals surface area contributed by atoms with Gasteiger partial charge in [0.05, 0.1) is 22.7 Å². The molecule has 0 amide bonds. The van der Waals surface area contributed by atoms with Crippen LogP contribution in [0.15, 0.2) is 42.5 Å². The van der Waals surface area contributed by atoms with Gasteiger partial charge in [0.2, 0.25) is 10.0 Å². The molecule has 1 heterocycles. The largest absolute Gasteiger partial charge is 0.435 e. The van der Waals surface area contributed by atoms with Crippen LogP contribution in [0.5, 0.6) is 5.75 Å². The van der Waals surface area contributed by atoms with Crippen LogP contribution in [0.25, 0.3) is 22.2 Å². The molecule has 0 saturated heterocycles. The Bertz CT molecular complexity index is 1200. The number of nitrogens with zero attached hydrogens (tertiary/aromatic N) is 1. The Kier molecular flexibility index (Phi) is 6.28. The Labute approximate surface area is 186 Å². The van der Waals surface area contributed by atoms with Gasteiger partial charge in [0, 0.05) is 28.7 Å². The first-order chi connectivity index (χ1) is 15.3. The average molecular weight is 464 g/mol. The lowest BCUT2D eigenvalue weighted by Gasteiger charge is -2.19. The third-order valence-corrected chi connectivity index (χ3v) is 7.33. The SMILES string of the molecule is CCCS(=O)(=O)Nc1ccc(-c2c(N)c3ccc(OC(F)F)cc3n2C2CCCC2)cc1. The highest BCUT2D eigenvalue weighted by molar-refractivity contribution is 7.92. The smallest absolute Gasteiger partial charge is 0.387 e. The second kappa shape index (κ2) is 8.97. The molecule has 0 atom stereocenters. The summed E-state index contributed by atoms with van der Waals surface area (Å²) >= 11 is 0. The van der Waals surface area contributed by atoms with Gasteiger partial charge in [-0.05, 0) is 43.5 Å². The lowest BCUT2D eigenvalue weighted by molar-refractivity contribution is -0.0497. The molecular formula is C23H27F2N3O3S. The Morgan fingerprint density at radius 1 is 1.16 bits per heavy atom. The van der Waals surface area contributed by atoms with E-state index in [0.717, 1.165) is 47.8 Å². The third kappa shape index (κ3) is 4.53. The maximum atomic E-state index is 12.8. The van der Waals surface area contributed by atoms with E-state index >= 15 is 0 Å². The molecule has 1 aliphatic rings. The number of halogens is 2. The lowest BCUT2D eigenvalue weighted by Crippen LogP contribution is -2.16. The molecule has 1 aliphatic carbocycles. The van der Waals surface area contributed by atoms with Crippen LogP contribution in [0.3, 0.4) is 0 Å². The molecular weight excluding hydrogens is 436 g/mol. The summed E-state index contributed by atoms with van der Waals surface area (Å²) in [4.78, 5) is 0. The van der Waals surface area contributed by atoms with Gasteiger partial charge in [-0.15, -0.1) is 0 Å². The second-order valence-electron chi connectivity index (χ2n) is 8.13. The molecule has 172 valence electrons. The highest BCUT2D eigenvalue weighted by atomic mass is 32.2. The Morgan fingerprint density at radius 2 is 1.84 bits per heavy atom. The zero-order valence-corrected chi connectivity index (χ0v) is 18.7. The maximum absolute atomic E-state index is 12.8. The van der Waals surface area contributed by atoms with E-state index in [-0.39, 0.29) is 17.5 Å². The van der Waals surface area contributed by atoms with Crippen molar-refractivity contribution in [1.82, 2.24) is 4.57 Å². The van der Waals surface area contributed by atoms with E-state index in [4.69, 9.17) is 5.73 Å². The van der Waals surface area contributed by atoms with Crippen LogP contribution in [-0.2, 0) is 10.0 Å². The normalized spacial score (nSPS) is 15.0. The second-order valence-corrected chi connectivity index (χ2v) is 9.97. The van der Waals surface area contributed by atoms with Crippen molar-refractivity contribution < 1.29 is 21.9 Å². The molecule has 0 unspecified atom stereocenters. The van der Waals surface area contributed by atoms with E-state index in [1.165, 1.54) is 6.07 Å². The van der Waals surface area contributed by atoms with Gasteiger partial charge in [0.25, 0.3) is 0 Å². The minimum absolute atomic E-state index is 0.0562. The number of alkyl halides is 2. The molecule has 1 fully saturated rings. The molecule has 1 saturated carbocycles.